The van der Waals surface area contributed by atoms with Crippen LogP contribution in [0.25, 0.3) is 11.5 Å². The van der Waals surface area contributed by atoms with Gasteiger partial charge in [0.2, 0.25) is 5.89 Å². The van der Waals surface area contributed by atoms with Gasteiger partial charge in [0, 0.05) is 11.6 Å². The summed E-state index contributed by atoms with van der Waals surface area (Å²) in [5.41, 5.74) is 1.24. The molecule has 1 atom stereocenters. The Labute approximate surface area is 119 Å². The molecule has 0 saturated carbocycles. The fourth-order valence-corrected chi connectivity index (χ4v) is 2.11. The third-order valence-corrected chi connectivity index (χ3v) is 3.13. The highest BCUT2D eigenvalue weighted by Gasteiger charge is 2.19. The van der Waals surface area contributed by atoms with Crippen molar-refractivity contribution in [1.29, 1.82) is 0 Å². The maximum Gasteiger partial charge on any atom is 0.273 e. The molecule has 0 aliphatic heterocycles. The largest absolute Gasteiger partial charge is 0.441 e. The van der Waals surface area contributed by atoms with Gasteiger partial charge in [-0.15, -0.1) is 0 Å². The molecule has 4 heteroatoms. The zero-order valence-electron chi connectivity index (χ0n) is 12.1. The smallest absolute Gasteiger partial charge is 0.273 e. The molecule has 1 amide bonds. The van der Waals surface area contributed by atoms with Crippen LogP contribution in [-0.2, 0) is 0 Å². The Morgan fingerprint density at radius 2 is 2.05 bits per heavy atom. The summed E-state index contributed by atoms with van der Waals surface area (Å²) in [4.78, 5) is 16.5. The summed E-state index contributed by atoms with van der Waals surface area (Å²) < 4.78 is 5.59. The Kier molecular flexibility index (Phi) is 4.56. The number of amides is 1. The summed E-state index contributed by atoms with van der Waals surface area (Å²) >= 11 is 0. The standard InChI is InChI=1S/C16H20N2O2/c1-4-8-11(2)17-15(19)14-12(3)20-16(18-14)13-9-6-5-7-10-13/h5-7,9-11H,4,8H2,1-3H3,(H,17,19)/t11-/m1/s1. The minimum Gasteiger partial charge on any atom is -0.441 e. The van der Waals surface area contributed by atoms with Gasteiger partial charge < -0.3 is 9.73 Å². The maximum absolute atomic E-state index is 12.2. The predicted molar refractivity (Wildman–Crippen MR) is 78.5 cm³/mol. The fraction of sp³-hybridized carbons (Fsp3) is 0.375. The lowest BCUT2D eigenvalue weighted by Crippen LogP contribution is -2.32. The Hall–Kier alpha value is -2.10. The minimum atomic E-state index is -0.172. The van der Waals surface area contributed by atoms with Crippen molar-refractivity contribution >= 4 is 5.91 Å². The first-order chi connectivity index (χ1) is 9.61. The molecule has 0 bridgehead atoms. The van der Waals surface area contributed by atoms with Gasteiger partial charge in [0.05, 0.1) is 0 Å². The molecule has 20 heavy (non-hydrogen) atoms. The van der Waals surface area contributed by atoms with Gasteiger partial charge in [-0.2, -0.15) is 0 Å². The van der Waals surface area contributed by atoms with E-state index in [4.69, 9.17) is 4.42 Å². The minimum absolute atomic E-state index is 0.142. The molecule has 0 unspecified atom stereocenters. The van der Waals surface area contributed by atoms with Crippen molar-refractivity contribution in [1.82, 2.24) is 10.3 Å². The summed E-state index contributed by atoms with van der Waals surface area (Å²) in [6.07, 6.45) is 1.99. The first-order valence-electron chi connectivity index (χ1n) is 6.95. The molecule has 0 radical (unpaired) electrons. The van der Waals surface area contributed by atoms with Crippen LogP contribution in [0.3, 0.4) is 0 Å². The van der Waals surface area contributed by atoms with Gasteiger partial charge in [-0.05, 0) is 32.4 Å². The Balaban J connectivity index is 2.17. The first-order valence-corrected chi connectivity index (χ1v) is 6.95. The predicted octanol–water partition coefficient (Wildman–Crippen LogP) is 3.57. The average molecular weight is 272 g/mol. The van der Waals surface area contributed by atoms with Crippen LogP contribution in [0.2, 0.25) is 0 Å². The third kappa shape index (κ3) is 3.26. The summed E-state index contributed by atoms with van der Waals surface area (Å²) in [6, 6.07) is 9.72. The molecule has 0 fully saturated rings. The Bertz CT molecular complexity index is 575. The lowest BCUT2D eigenvalue weighted by atomic mass is 10.2. The van der Waals surface area contributed by atoms with Gasteiger partial charge in [0.15, 0.2) is 5.69 Å². The second kappa shape index (κ2) is 6.37. The molecule has 0 saturated heterocycles. The van der Waals surface area contributed by atoms with Crippen LogP contribution in [0.1, 0.15) is 42.9 Å². The highest BCUT2D eigenvalue weighted by Crippen LogP contribution is 2.21. The van der Waals surface area contributed by atoms with Crippen LogP contribution in [0.5, 0.6) is 0 Å². The summed E-state index contributed by atoms with van der Waals surface area (Å²) in [7, 11) is 0. The average Bonchev–Trinajstić information content (AvgIpc) is 2.82. The van der Waals surface area contributed by atoms with Crippen molar-refractivity contribution in [3.8, 4) is 11.5 Å². The van der Waals surface area contributed by atoms with E-state index in [-0.39, 0.29) is 11.9 Å². The van der Waals surface area contributed by atoms with E-state index in [2.05, 4.69) is 17.2 Å². The van der Waals surface area contributed by atoms with Gasteiger partial charge in [-0.1, -0.05) is 31.5 Å². The molecule has 0 aliphatic rings. The number of aryl methyl sites for hydroxylation is 1. The van der Waals surface area contributed by atoms with E-state index in [1.165, 1.54) is 0 Å². The van der Waals surface area contributed by atoms with E-state index < -0.39 is 0 Å². The SMILES string of the molecule is CCC[C@@H](C)NC(=O)c1nc(-c2ccccc2)oc1C. The quantitative estimate of drug-likeness (QED) is 0.905. The van der Waals surface area contributed by atoms with Crippen LogP contribution in [0.15, 0.2) is 34.7 Å². The van der Waals surface area contributed by atoms with Gasteiger partial charge in [0.1, 0.15) is 5.76 Å². The Morgan fingerprint density at radius 3 is 2.70 bits per heavy atom. The molecule has 0 aliphatic carbocycles. The van der Waals surface area contributed by atoms with Crippen molar-refractivity contribution in [3.05, 3.63) is 41.8 Å². The van der Waals surface area contributed by atoms with Gasteiger partial charge in [-0.25, -0.2) is 4.98 Å². The number of rotatable bonds is 5. The lowest BCUT2D eigenvalue weighted by molar-refractivity contribution is 0.0932. The van der Waals surface area contributed by atoms with Crippen molar-refractivity contribution in [2.24, 2.45) is 0 Å². The van der Waals surface area contributed by atoms with Crippen LogP contribution in [0.4, 0.5) is 0 Å². The highest BCUT2D eigenvalue weighted by molar-refractivity contribution is 5.93. The molecule has 1 N–H and O–H groups in total. The second-order valence-electron chi connectivity index (χ2n) is 4.95. The number of hydrogen-bond donors (Lipinski definition) is 1. The number of nitrogens with one attached hydrogen (secondary N) is 1. The molecular formula is C16H20N2O2. The molecule has 4 nitrogen and oxygen atoms in total. The molecule has 1 aromatic heterocycles. The number of carbonyl (C=O) groups excluding carboxylic acids is 1. The second-order valence-corrected chi connectivity index (χ2v) is 4.95. The van der Waals surface area contributed by atoms with Crippen LogP contribution >= 0.6 is 0 Å². The third-order valence-electron chi connectivity index (χ3n) is 3.13. The summed E-state index contributed by atoms with van der Waals surface area (Å²) in [6.45, 7) is 5.85. The number of carbonyl (C=O) groups is 1. The van der Waals surface area contributed by atoms with E-state index >= 15 is 0 Å². The number of nitrogens with zero attached hydrogens (tertiary/aromatic N) is 1. The number of aromatic nitrogens is 1. The van der Waals surface area contributed by atoms with Gasteiger partial charge in [-0.3, -0.25) is 4.79 Å². The zero-order chi connectivity index (χ0) is 14.5. The summed E-state index contributed by atoms with van der Waals surface area (Å²) in [5.74, 6) is 0.857. The van der Waals surface area contributed by atoms with E-state index in [9.17, 15) is 4.79 Å². The van der Waals surface area contributed by atoms with Crippen molar-refractivity contribution in [3.63, 3.8) is 0 Å². The number of hydrogen-bond acceptors (Lipinski definition) is 3. The lowest BCUT2D eigenvalue weighted by Gasteiger charge is -2.11. The van der Waals surface area contributed by atoms with E-state index in [0.717, 1.165) is 18.4 Å². The molecule has 2 rings (SSSR count). The van der Waals surface area contributed by atoms with Crippen molar-refractivity contribution in [2.45, 2.75) is 39.7 Å². The molecule has 106 valence electrons. The highest BCUT2D eigenvalue weighted by atomic mass is 16.4. The Morgan fingerprint density at radius 1 is 1.35 bits per heavy atom. The number of benzene rings is 1. The van der Waals surface area contributed by atoms with Crippen LogP contribution in [0, 0.1) is 6.92 Å². The topological polar surface area (TPSA) is 55.1 Å². The monoisotopic (exact) mass is 272 g/mol. The van der Waals surface area contributed by atoms with Gasteiger partial charge in [0.25, 0.3) is 5.91 Å². The fourth-order valence-electron chi connectivity index (χ4n) is 2.11. The first kappa shape index (κ1) is 14.3. The van der Waals surface area contributed by atoms with E-state index in [1.807, 2.05) is 37.3 Å². The van der Waals surface area contributed by atoms with Crippen molar-refractivity contribution < 1.29 is 9.21 Å². The zero-order valence-corrected chi connectivity index (χ0v) is 12.1. The molecule has 1 heterocycles. The van der Waals surface area contributed by atoms with Crippen LogP contribution < -0.4 is 5.32 Å². The molecule has 1 aromatic carbocycles. The van der Waals surface area contributed by atoms with E-state index in [0.29, 0.717) is 17.3 Å². The van der Waals surface area contributed by atoms with Crippen LogP contribution in [-0.4, -0.2) is 16.9 Å². The van der Waals surface area contributed by atoms with Crippen molar-refractivity contribution in [2.75, 3.05) is 0 Å². The van der Waals surface area contributed by atoms with E-state index in [1.54, 1.807) is 6.92 Å². The molecule has 2 aromatic rings. The number of oxazole rings is 1. The normalized spacial score (nSPS) is 12.2. The molecule has 0 spiro atoms. The van der Waals surface area contributed by atoms with Gasteiger partial charge >= 0.3 is 0 Å². The molecular weight excluding hydrogens is 252 g/mol. The maximum atomic E-state index is 12.2. The summed E-state index contributed by atoms with van der Waals surface area (Å²) in [5, 5.41) is 2.94.